The Labute approximate surface area is 146 Å². The number of benzene rings is 1. The van der Waals surface area contributed by atoms with Gasteiger partial charge in [0.05, 0.1) is 19.8 Å². The lowest BCUT2D eigenvalue weighted by atomic mass is 9.75. The van der Waals surface area contributed by atoms with Crippen LogP contribution in [0.15, 0.2) is 12.1 Å². The molecule has 7 nitrogen and oxygen atoms in total. The molecule has 1 fully saturated rings. The Hall–Kier alpha value is -1.90. The Morgan fingerprint density at radius 1 is 1.36 bits per heavy atom. The lowest BCUT2D eigenvalue weighted by molar-refractivity contribution is -0.175. The van der Waals surface area contributed by atoms with Crippen molar-refractivity contribution in [3.63, 3.8) is 0 Å². The fourth-order valence-electron chi connectivity index (χ4n) is 2.99. The van der Waals surface area contributed by atoms with Crippen molar-refractivity contribution in [3.05, 3.63) is 28.8 Å². The quantitative estimate of drug-likeness (QED) is 0.571. The van der Waals surface area contributed by atoms with E-state index in [4.69, 9.17) is 14.1 Å². The summed E-state index contributed by atoms with van der Waals surface area (Å²) in [5.41, 5.74) is 2.56. The van der Waals surface area contributed by atoms with E-state index >= 15 is 0 Å². The number of esters is 1. The zero-order valence-electron chi connectivity index (χ0n) is 14.6. The lowest BCUT2D eigenvalue weighted by Crippen LogP contribution is -2.49. The maximum absolute atomic E-state index is 12.7. The van der Waals surface area contributed by atoms with Crippen molar-refractivity contribution < 1.29 is 28.7 Å². The molecular formula is C17H22BNO6. The third kappa shape index (κ3) is 3.56. The molecule has 25 heavy (non-hydrogen) atoms. The van der Waals surface area contributed by atoms with Gasteiger partial charge in [0.25, 0.3) is 5.91 Å². The first-order valence-electron chi connectivity index (χ1n) is 8.39. The highest BCUT2D eigenvalue weighted by Gasteiger charge is 2.34. The average Bonchev–Trinajstić information content (AvgIpc) is 2.90. The van der Waals surface area contributed by atoms with Gasteiger partial charge >= 0.3 is 13.1 Å². The summed E-state index contributed by atoms with van der Waals surface area (Å²) in [7, 11) is -1.02. The zero-order chi connectivity index (χ0) is 18.1. The van der Waals surface area contributed by atoms with Crippen LogP contribution in [0.4, 0.5) is 0 Å². The molecule has 0 aliphatic carbocycles. The predicted octanol–water partition coefficient (Wildman–Crippen LogP) is -0.0909. The molecule has 0 spiro atoms. The maximum Gasteiger partial charge on any atom is 0.492 e. The van der Waals surface area contributed by atoms with Gasteiger partial charge in [-0.1, -0.05) is 19.9 Å². The third-order valence-corrected chi connectivity index (χ3v) is 4.59. The second-order valence-electron chi connectivity index (χ2n) is 6.77. The first-order valence-corrected chi connectivity index (χ1v) is 8.39. The average molecular weight is 347 g/mol. The minimum absolute atomic E-state index is 0.124. The molecule has 1 aromatic rings. The predicted molar refractivity (Wildman–Crippen MR) is 90.4 cm³/mol. The second kappa shape index (κ2) is 7.15. The van der Waals surface area contributed by atoms with E-state index in [0.29, 0.717) is 36.4 Å². The van der Waals surface area contributed by atoms with Crippen LogP contribution in [0.3, 0.4) is 0 Å². The molecule has 8 heteroatoms. The van der Waals surface area contributed by atoms with E-state index in [-0.39, 0.29) is 17.9 Å². The Balaban J connectivity index is 1.75. The van der Waals surface area contributed by atoms with E-state index in [1.54, 1.807) is 19.1 Å². The van der Waals surface area contributed by atoms with Crippen LogP contribution in [0, 0.1) is 12.8 Å². The summed E-state index contributed by atoms with van der Waals surface area (Å²) in [4.78, 5) is 25.0. The Kier molecular flexibility index (Phi) is 5.12. The minimum atomic E-state index is -1.02. The molecule has 0 bridgehead atoms. The van der Waals surface area contributed by atoms with Crippen molar-refractivity contribution >= 4 is 24.5 Å². The molecule has 0 saturated carbocycles. The van der Waals surface area contributed by atoms with Gasteiger partial charge in [-0.3, -0.25) is 4.79 Å². The fourth-order valence-corrected chi connectivity index (χ4v) is 2.99. The first kappa shape index (κ1) is 17.9. The second-order valence-corrected chi connectivity index (χ2v) is 6.77. The molecular weight excluding hydrogens is 325 g/mol. The number of fused-ring (bicyclic) bond motifs is 1. The van der Waals surface area contributed by atoms with E-state index in [2.05, 4.69) is 5.32 Å². The molecule has 0 aromatic heterocycles. The number of carbonyl (C=O) groups excluding carboxylic acids is 2. The van der Waals surface area contributed by atoms with E-state index in [0.717, 1.165) is 5.56 Å². The van der Waals surface area contributed by atoms with Gasteiger partial charge in [-0.05, 0) is 35.5 Å². The van der Waals surface area contributed by atoms with Crippen molar-refractivity contribution in [2.24, 2.45) is 5.92 Å². The van der Waals surface area contributed by atoms with Crippen LogP contribution < -0.4 is 10.8 Å². The molecule has 1 atom stereocenters. The van der Waals surface area contributed by atoms with Gasteiger partial charge in [0.15, 0.2) is 0 Å². The standard InChI is InChI=1S/C17H22BNO6/c1-9(2)15(17(21)25-12-7-23-8-12)19-16(20)13-5-4-11-6-24-18(22)14(11)10(13)3/h4-5,9,12,15,22H,6-8H2,1-3H3,(H,19,20). The SMILES string of the molecule is Cc1c(C(=O)NC(C(=O)OC2COC2)C(C)C)ccc2c1B(O)OC2. The van der Waals surface area contributed by atoms with Gasteiger partial charge in [0.1, 0.15) is 12.1 Å². The number of hydrogen-bond donors (Lipinski definition) is 2. The number of nitrogens with one attached hydrogen (secondary N) is 1. The van der Waals surface area contributed by atoms with Gasteiger partial charge < -0.3 is 24.5 Å². The van der Waals surface area contributed by atoms with Crippen LogP contribution in [-0.4, -0.2) is 49.4 Å². The molecule has 2 heterocycles. The van der Waals surface area contributed by atoms with Crippen LogP contribution >= 0.6 is 0 Å². The summed E-state index contributed by atoms with van der Waals surface area (Å²) < 4.78 is 15.5. The molecule has 1 aromatic carbocycles. The lowest BCUT2D eigenvalue weighted by Gasteiger charge is -2.29. The Morgan fingerprint density at radius 2 is 2.08 bits per heavy atom. The normalized spacial score (nSPS) is 17.9. The van der Waals surface area contributed by atoms with Crippen LogP contribution in [0.2, 0.25) is 0 Å². The van der Waals surface area contributed by atoms with Gasteiger partial charge in [0.2, 0.25) is 0 Å². The van der Waals surface area contributed by atoms with E-state index < -0.39 is 19.1 Å². The van der Waals surface area contributed by atoms with Crippen molar-refractivity contribution in [1.29, 1.82) is 0 Å². The molecule has 2 aliphatic heterocycles. The zero-order valence-corrected chi connectivity index (χ0v) is 14.6. The number of carbonyl (C=O) groups is 2. The summed E-state index contributed by atoms with van der Waals surface area (Å²) >= 11 is 0. The van der Waals surface area contributed by atoms with E-state index in [9.17, 15) is 14.6 Å². The van der Waals surface area contributed by atoms with Crippen molar-refractivity contribution in [1.82, 2.24) is 5.32 Å². The molecule has 1 unspecified atom stereocenters. The van der Waals surface area contributed by atoms with Crippen LogP contribution in [-0.2, 0) is 25.5 Å². The molecule has 3 rings (SSSR count). The van der Waals surface area contributed by atoms with Gasteiger partial charge in [-0.2, -0.15) is 0 Å². The number of ether oxygens (including phenoxy) is 2. The van der Waals surface area contributed by atoms with Gasteiger partial charge in [-0.15, -0.1) is 0 Å². The summed E-state index contributed by atoms with van der Waals surface area (Å²) in [6, 6.07) is 2.71. The van der Waals surface area contributed by atoms with Crippen LogP contribution in [0.1, 0.15) is 35.3 Å². The molecule has 0 radical (unpaired) electrons. The minimum Gasteiger partial charge on any atom is -0.456 e. The smallest absolute Gasteiger partial charge is 0.456 e. The highest BCUT2D eigenvalue weighted by molar-refractivity contribution is 6.62. The topological polar surface area (TPSA) is 94.1 Å². The van der Waals surface area contributed by atoms with Crippen LogP contribution in [0.25, 0.3) is 0 Å². The largest absolute Gasteiger partial charge is 0.492 e. The maximum atomic E-state index is 12.7. The monoisotopic (exact) mass is 347 g/mol. The van der Waals surface area contributed by atoms with Crippen molar-refractivity contribution in [3.8, 4) is 0 Å². The molecule has 1 amide bonds. The summed E-state index contributed by atoms with van der Waals surface area (Å²) in [5, 5.41) is 12.7. The Bertz CT molecular complexity index is 688. The number of amides is 1. The molecule has 134 valence electrons. The first-order chi connectivity index (χ1) is 11.9. The fraction of sp³-hybridized carbons (Fsp3) is 0.529. The highest BCUT2D eigenvalue weighted by atomic mass is 16.6. The molecule has 2 aliphatic rings. The molecule has 1 saturated heterocycles. The summed E-state index contributed by atoms with van der Waals surface area (Å²) in [5.74, 6) is -0.958. The Morgan fingerprint density at radius 3 is 2.68 bits per heavy atom. The summed E-state index contributed by atoms with van der Waals surface area (Å²) in [6.07, 6.45) is -0.236. The van der Waals surface area contributed by atoms with E-state index in [1.165, 1.54) is 0 Å². The summed E-state index contributed by atoms with van der Waals surface area (Å²) in [6.45, 7) is 6.57. The molecule has 2 N–H and O–H groups in total. The highest BCUT2D eigenvalue weighted by Crippen LogP contribution is 2.17. The van der Waals surface area contributed by atoms with Crippen LogP contribution in [0.5, 0.6) is 0 Å². The number of hydrogen-bond acceptors (Lipinski definition) is 6. The van der Waals surface area contributed by atoms with Crippen molar-refractivity contribution in [2.75, 3.05) is 13.2 Å². The van der Waals surface area contributed by atoms with Crippen molar-refractivity contribution in [2.45, 2.75) is 39.5 Å². The third-order valence-electron chi connectivity index (χ3n) is 4.59. The van der Waals surface area contributed by atoms with E-state index in [1.807, 2.05) is 13.8 Å². The number of rotatable bonds is 5. The van der Waals surface area contributed by atoms with Gasteiger partial charge in [-0.25, -0.2) is 4.79 Å². The van der Waals surface area contributed by atoms with Gasteiger partial charge in [0, 0.05) is 5.56 Å².